The third-order valence-corrected chi connectivity index (χ3v) is 4.19. The van der Waals surface area contributed by atoms with Crippen LogP contribution < -0.4 is 0 Å². The number of hydrogen-bond donors (Lipinski definition) is 1. The molecule has 1 heterocycles. The van der Waals surface area contributed by atoms with Gasteiger partial charge in [-0.15, -0.1) is 0 Å². The van der Waals surface area contributed by atoms with Crippen molar-refractivity contribution in [3.63, 3.8) is 0 Å². The van der Waals surface area contributed by atoms with Crippen LogP contribution in [-0.2, 0) is 4.74 Å². The lowest BCUT2D eigenvalue weighted by Crippen LogP contribution is -2.38. The zero-order valence-electron chi connectivity index (χ0n) is 11.9. The number of hydrogen-bond acceptors (Lipinski definition) is 4. The predicted molar refractivity (Wildman–Crippen MR) is 73.2 cm³/mol. The fraction of sp³-hybridized carbons (Fsp3) is 0.800. The molecule has 1 unspecified atom stereocenters. The number of ether oxygens (including phenoxy) is 1. The van der Waals surface area contributed by atoms with Crippen molar-refractivity contribution in [3.8, 4) is 6.07 Å². The van der Waals surface area contributed by atoms with Crippen molar-refractivity contribution in [3.05, 3.63) is 11.8 Å². The fourth-order valence-electron chi connectivity index (χ4n) is 2.45. The molecule has 1 N–H and O–H groups in total. The SMILES string of the molecule is CC1(C)CCN(CC2CC2)CCO/C=C(/C#N)C1O. The van der Waals surface area contributed by atoms with Crippen molar-refractivity contribution in [1.29, 1.82) is 5.26 Å². The molecule has 2 aliphatic rings. The van der Waals surface area contributed by atoms with Gasteiger partial charge in [0.2, 0.25) is 0 Å². The largest absolute Gasteiger partial charge is 0.499 e. The zero-order chi connectivity index (χ0) is 13.9. The molecule has 2 rings (SSSR count). The molecule has 1 fully saturated rings. The summed E-state index contributed by atoms with van der Waals surface area (Å²) in [5, 5.41) is 19.4. The van der Waals surface area contributed by atoms with E-state index in [-0.39, 0.29) is 5.41 Å². The summed E-state index contributed by atoms with van der Waals surface area (Å²) in [5.74, 6) is 0.862. The van der Waals surface area contributed by atoms with Crippen LogP contribution in [0.5, 0.6) is 0 Å². The summed E-state index contributed by atoms with van der Waals surface area (Å²) in [6, 6.07) is 2.05. The molecule has 0 radical (unpaired) electrons. The third kappa shape index (κ3) is 3.95. The molecule has 19 heavy (non-hydrogen) atoms. The summed E-state index contributed by atoms with van der Waals surface area (Å²) in [5.41, 5.74) is 0.0324. The van der Waals surface area contributed by atoms with Crippen LogP contribution in [0.25, 0.3) is 0 Å². The average Bonchev–Trinajstić information content (AvgIpc) is 3.18. The Hall–Kier alpha value is -1.05. The van der Waals surface area contributed by atoms with E-state index in [1.165, 1.54) is 19.1 Å². The molecular weight excluding hydrogens is 240 g/mol. The van der Waals surface area contributed by atoms with Gasteiger partial charge in [-0.2, -0.15) is 5.26 Å². The maximum absolute atomic E-state index is 10.3. The molecule has 1 aliphatic heterocycles. The lowest BCUT2D eigenvalue weighted by Gasteiger charge is -2.34. The molecule has 0 aromatic rings. The van der Waals surface area contributed by atoms with Crippen LogP contribution >= 0.6 is 0 Å². The molecule has 0 aromatic heterocycles. The van der Waals surface area contributed by atoms with Crippen molar-refractivity contribution in [2.24, 2.45) is 11.3 Å². The Morgan fingerprint density at radius 2 is 2.21 bits per heavy atom. The number of nitrogens with zero attached hydrogens (tertiary/aromatic N) is 2. The highest BCUT2D eigenvalue weighted by Gasteiger charge is 2.33. The maximum atomic E-state index is 10.3. The molecule has 0 saturated heterocycles. The van der Waals surface area contributed by atoms with Gasteiger partial charge in [-0.25, -0.2) is 0 Å². The Morgan fingerprint density at radius 1 is 1.47 bits per heavy atom. The number of aliphatic hydroxyl groups excluding tert-OH is 1. The molecule has 0 aromatic carbocycles. The van der Waals surface area contributed by atoms with Crippen molar-refractivity contribution < 1.29 is 9.84 Å². The van der Waals surface area contributed by atoms with E-state index in [1.807, 2.05) is 13.8 Å². The van der Waals surface area contributed by atoms with Gasteiger partial charge in [0, 0.05) is 13.1 Å². The second-order valence-corrected chi connectivity index (χ2v) is 6.44. The Balaban J connectivity index is 2.04. The number of rotatable bonds is 2. The smallest absolute Gasteiger partial charge is 0.101 e. The van der Waals surface area contributed by atoms with Gasteiger partial charge in [-0.05, 0) is 37.1 Å². The summed E-state index contributed by atoms with van der Waals surface area (Å²) in [4.78, 5) is 2.43. The summed E-state index contributed by atoms with van der Waals surface area (Å²) in [6.45, 7) is 7.62. The van der Waals surface area contributed by atoms with E-state index in [9.17, 15) is 5.11 Å². The second-order valence-electron chi connectivity index (χ2n) is 6.44. The van der Waals surface area contributed by atoms with E-state index in [0.717, 1.165) is 32.0 Å². The first-order chi connectivity index (χ1) is 9.03. The minimum Gasteiger partial charge on any atom is -0.499 e. The monoisotopic (exact) mass is 264 g/mol. The molecule has 1 saturated carbocycles. The standard InChI is InChI=1S/C15H24N2O2/c1-15(2)5-6-17(10-12-3-4-12)7-8-19-11-13(9-16)14(15)18/h11-12,14,18H,3-8,10H2,1-2H3/b13-11-. The predicted octanol–water partition coefficient (Wildman–Crippen LogP) is 1.91. The second kappa shape index (κ2) is 5.94. The average molecular weight is 264 g/mol. The van der Waals surface area contributed by atoms with Gasteiger partial charge in [-0.3, -0.25) is 4.90 Å². The summed E-state index contributed by atoms with van der Waals surface area (Å²) in [7, 11) is 0. The van der Waals surface area contributed by atoms with Gasteiger partial charge >= 0.3 is 0 Å². The topological polar surface area (TPSA) is 56.5 Å². The lowest BCUT2D eigenvalue weighted by atomic mass is 9.80. The van der Waals surface area contributed by atoms with Crippen LogP contribution in [0.3, 0.4) is 0 Å². The van der Waals surface area contributed by atoms with Gasteiger partial charge in [0.25, 0.3) is 0 Å². The van der Waals surface area contributed by atoms with Gasteiger partial charge in [0.05, 0.1) is 17.9 Å². The van der Waals surface area contributed by atoms with Crippen molar-refractivity contribution >= 4 is 0 Å². The number of nitriles is 1. The molecule has 4 heteroatoms. The van der Waals surface area contributed by atoms with Crippen LogP contribution in [0.2, 0.25) is 0 Å². The molecule has 0 bridgehead atoms. The van der Waals surface area contributed by atoms with Crippen LogP contribution in [0.1, 0.15) is 33.1 Å². The maximum Gasteiger partial charge on any atom is 0.101 e. The highest BCUT2D eigenvalue weighted by Crippen LogP contribution is 2.33. The first-order valence-corrected chi connectivity index (χ1v) is 7.15. The van der Waals surface area contributed by atoms with Gasteiger partial charge in [-0.1, -0.05) is 13.8 Å². The summed E-state index contributed by atoms with van der Waals surface area (Å²) >= 11 is 0. The van der Waals surface area contributed by atoms with Crippen molar-refractivity contribution in [2.45, 2.75) is 39.2 Å². The summed E-state index contributed by atoms with van der Waals surface area (Å²) < 4.78 is 5.42. The molecule has 0 spiro atoms. The van der Waals surface area contributed by atoms with E-state index >= 15 is 0 Å². The van der Waals surface area contributed by atoms with Crippen molar-refractivity contribution in [1.82, 2.24) is 4.90 Å². The minimum absolute atomic E-state index is 0.302. The highest BCUT2D eigenvalue weighted by atomic mass is 16.5. The lowest BCUT2D eigenvalue weighted by molar-refractivity contribution is 0.0532. The van der Waals surface area contributed by atoms with Gasteiger partial charge < -0.3 is 9.84 Å². The molecule has 1 aliphatic carbocycles. The minimum atomic E-state index is -0.752. The van der Waals surface area contributed by atoms with Gasteiger partial charge in [0.1, 0.15) is 12.7 Å². The van der Waals surface area contributed by atoms with Crippen LogP contribution in [0, 0.1) is 22.7 Å². The Labute approximate surface area is 115 Å². The van der Waals surface area contributed by atoms with E-state index in [1.54, 1.807) is 0 Å². The molecule has 4 nitrogen and oxygen atoms in total. The van der Waals surface area contributed by atoms with E-state index < -0.39 is 6.10 Å². The molecule has 1 atom stereocenters. The number of aliphatic hydroxyl groups is 1. The first-order valence-electron chi connectivity index (χ1n) is 7.15. The molecule has 106 valence electrons. The quantitative estimate of drug-likeness (QED) is 0.828. The first kappa shape index (κ1) is 14.4. The Morgan fingerprint density at radius 3 is 2.84 bits per heavy atom. The summed E-state index contributed by atoms with van der Waals surface area (Å²) in [6.07, 6.45) is 4.27. The fourth-order valence-corrected chi connectivity index (χ4v) is 2.45. The van der Waals surface area contributed by atoms with Gasteiger partial charge in [0.15, 0.2) is 0 Å². The third-order valence-electron chi connectivity index (χ3n) is 4.19. The molecule has 0 amide bonds. The zero-order valence-corrected chi connectivity index (χ0v) is 11.9. The van der Waals surface area contributed by atoms with E-state index in [0.29, 0.717) is 12.2 Å². The molecular formula is C15H24N2O2. The van der Waals surface area contributed by atoms with Crippen molar-refractivity contribution in [2.75, 3.05) is 26.2 Å². The van der Waals surface area contributed by atoms with E-state index in [4.69, 9.17) is 10.00 Å². The van der Waals surface area contributed by atoms with Crippen LogP contribution in [0.15, 0.2) is 11.8 Å². The Bertz CT molecular complexity index is 380. The highest BCUT2D eigenvalue weighted by molar-refractivity contribution is 5.25. The van der Waals surface area contributed by atoms with E-state index in [2.05, 4.69) is 11.0 Å². The van der Waals surface area contributed by atoms with Crippen LogP contribution in [0.4, 0.5) is 0 Å². The normalized spacial score (nSPS) is 31.7. The van der Waals surface area contributed by atoms with Crippen LogP contribution in [-0.4, -0.2) is 42.4 Å². The Kier molecular flexibility index (Phi) is 4.49.